The zero-order valence-electron chi connectivity index (χ0n) is 17.8. The first-order chi connectivity index (χ1) is 15.6. The molecule has 0 atom stereocenters. The molecule has 0 spiro atoms. The third-order valence-corrected chi connectivity index (χ3v) is 6.48. The summed E-state index contributed by atoms with van der Waals surface area (Å²) in [4.78, 5) is 12.8. The molecule has 0 aliphatic heterocycles. The van der Waals surface area contributed by atoms with E-state index in [0.29, 0.717) is 17.3 Å². The van der Waals surface area contributed by atoms with Crippen LogP contribution in [0.15, 0.2) is 82.4 Å². The van der Waals surface area contributed by atoms with Crippen LogP contribution in [0.3, 0.4) is 0 Å². The molecule has 0 aliphatic rings. The zero-order chi connectivity index (χ0) is 22.5. The third kappa shape index (κ3) is 4.95. The number of benzene rings is 3. The minimum absolute atomic E-state index is 0.0283. The molecule has 4 rings (SSSR count). The molecule has 0 aliphatic carbocycles. The van der Waals surface area contributed by atoms with Crippen LogP contribution in [0.5, 0.6) is 5.75 Å². The number of carbonyl (C=O) groups excluding carboxylic acids is 1. The summed E-state index contributed by atoms with van der Waals surface area (Å²) >= 11 is 4.83. The monoisotopic (exact) mass is 507 g/mol. The lowest BCUT2D eigenvalue weighted by atomic mass is 10.1. The third-order valence-electron chi connectivity index (χ3n) is 4.86. The maximum absolute atomic E-state index is 12.8. The van der Waals surface area contributed by atoms with Crippen molar-refractivity contribution in [1.82, 2.24) is 14.8 Å². The number of Topliss-reactive ketones (excluding diaryl/α,β-unsaturated/α-hetero) is 1. The van der Waals surface area contributed by atoms with Crippen LogP contribution in [-0.4, -0.2) is 32.9 Å². The van der Waals surface area contributed by atoms with Gasteiger partial charge in [-0.1, -0.05) is 75.7 Å². The van der Waals surface area contributed by atoms with Gasteiger partial charge in [-0.2, -0.15) is 0 Å². The normalized spacial score (nSPS) is 10.8. The van der Waals surface area contributed by atoms with Gasteiger partial charge in [0.2, 0.25) is 0 Å². The van der Waals surface area contributed by atoms with E-state index in [-0.39, 0.29) is 11.5 Å². The molecule has 1 aromatic heterocycles. The predicted molar refractivity (Wildman–Crippen MR) is 132 cm³/mol. The van der Waals surface area contributed by atoms with E-state index >= 15 is 0 Å². The van der Waals surface area contributed by atoms with E-state index in [0.717, 1.165) is 27.3 Å². The van der Waals surface area contributed by atoms with Gasteiger partial charge in [0.15, 0.2) is 16.8 Å². The number of rotatable bonds is 8. The number of ether oxygens (including phenoxy) is 1. The van der Waals surface area contributed by atoms with Gasteiger partial charge in [-0.15, -0.1) is 10.2 Å². The van der Waals surface area contributed by atoms with Crippen molar-refractivity contribution in [2.24, 2.45) is 0 Å². The Kier molecular flexibility index (Phi) is 7.07. The van der Waals surface area contributed by atoms with Crippen molar-refractivity contribution in [2.75, 3.05) is 12.4 Å². The van der Waals surface area contributed by atoms with Crippen molar-refractivity contribution in [3.05, 3.63) is 88.4 Å². The van der Waals surface area contributed by atoms with E-state index < -0.39 is 0 Å². The number of aryl methyl sites for hydroxylation is 1. The van der Waals surface area contributed by atoms with Gasteiger partial charge in [-0.05, 0) is 44.2 Å². The fourth-order valence-corrected chi connectivity index (χ4v) is 4.58. The number of hydrogen-bond acceptors (Lipinski definition) is 5. The summed E-state index contributed by atoms with van der Waals surface area (Å²) in [5.74, 6) is 1.82. The highest BCUT2D eigenvalue weighted by Crippen LogP contribution is 2.30. The van der Waals surface area contributed by atoms with E-state index in [4.69, 9.17) is 4.74 Å². The maximum atomic E-state index is 12.8. The average Bonchev–Trinajstić information content (AvgIpc) is 3.23. The Morgan fingerprint density at radius 1 is 1.00 bits per heavy atom. The Balaban J connectivity index is 1.68. The summed E-state index contributed by atoms with van der Waals surface area (Å²) in [6, 6.07) is 23.4. The second kappa shape index (κ2) is 10.1. The lowest BCUT2D eigenvalue weighted by Crippen LogP contribution is -2.05. The van der Waals surface area contributed by atoms with Crippen molar-refractivity contribution in [3.63, 3.8) is 0 Å². The van der Waals surface area contributed by atoms with E-state index in [1.165, 1.54) is 17.3 Å². The largest absolute Gasteiger partial charge is 0.494 e. The van der Waals surface area contributed by atoms with Crippen molar-refractivity contribution < 1.29 is 9.53 Å². The van der Waals surface area contributed by atoms with Crippen molar-refractivity contribution >= 4 is 33.5 Å². The van der Waals surface area contributed by atoms with Crippen molar-refractivity contribution in [1.29, 1.82) is 0 Å². The predicted octanol–water partition coefficient (Wildman–Crippen LogP) is 6.38. The van der Waals surface area contributed by atoms with Gasteiger partial charge < -0.3 is 4.74 Å². The number of halogens is 1. The minimum Gasteiger partial charge on any atom is -0.494 e. The summed E-state index contributed by atoms with van der Waals surface area (Å²) in [7, 11) is 0. The van der Waals surface area contributed by atoms with Crippen LogP contribution >= 0.6 is 27.7 Å². The van der Waals surface area contributed by atoms with Gasteiger partial charge in [-0.25, -0.2) is 0 Å². The molecule has 0 bridgehead atoms. The fraction of sp³-hybridized carbons (Fsp3) is 0.160. The number of thioether (sulfide) groups is 1. The second-order valence-electron chi connectivity index (χ2n) is 7.13. The van der Waals surface area contributed by atoms with Crippen LogP contribution < -0.4 is 4.74 Å². The molecular formula is C25H22BrN3O2S. The summed E-state index contributed by atoms with van der Waals surface area (Å²) in [5, 5.41) is 9.54. The average molecular weight is 508 g/mol. The van der Waals surface area contributed by atoms with Gasteiger partial charge in [0.25, 0.3) is 0 Å². The minimum atomic E-state index is 0.0283. The Hall–Kier alpha value is -2.90. The van der Waals surface area contributed by atoms with E-state index in [1.54, 1.807) is 0 Å². The number of aromatic nitrogens is 3. The Morgan fingerprint density at radius 2 is 1.72 bits per heavy atom. The lowest BCUT2D eigenvalue weighted by molar-refractivity contribution is 0.102. The van der Waals surface area contributed by atoms with Crippen LogP contribution in [0.4, 0.5) is 0 Å². The molecule has 0 N–H and O–H groups in total. The summed E-state index contributed by atoms with van der Waals surface area (Å²) < 4.78 is 8.36. The first-order valence-corrected chi connectivity index (χ1v) is 12.0. The summed E-state index contributed by atoms with van der Waals surface area (Å²) in [6.07, 6.45) is 0. The summed E-state index contributed by atoms with van der Waals surface area (Å²) in [6.45, 7) is 4.62. The molecule has 4 aromatic rings. The molecule has 0 amide bonds. The highest BCUT2D eigenvalue weighted by Gasteiger charge is 2.18. The van der Waals surface area contributed by atoms with Gasteiger partial charge in [0.05, 0.1) is 12.4 Å². The van der Waals surface area contributed by atoms with Crippen LogP contribution in [0, 0.1) is 6.92 Å². The molecular weight excluding hydrogens is 486 g/mol. The van der Waals surface area contributed by atoms with Crippen LogP contribution in [0.25, 0.3) is 17.1 Å². The smallest absolute Gasteiger partial charge is 0.196 e. The molecule has 0 radical (unpaired) electrons. The standard InChI is InChI=1S/C25H22BrN3O2S/c1-3-31-20-14-12-19(13-15-20)29-24(18-10-8-17(2)9-11-18)27-28-25(29)32-16-23(30)21-6-4-5-7-22(21)26/h4-15H,3,16H2,1-2H3. The quantitative estimate of drug-likeness (QED) is 0.204. The number of nitrogens with zero attached hydrogens (tertiary/aromatic N) is 3. The SMILES string of the molecule is CCOc1ccc(-n2c(SCC(=O)c3ccccc3Br)nnc2-c2ccc(C)cc2)cc1. The van der Waals surface area contributed by atoms with Crippen LogP contribution in [0.1, 0.15) is 22.8 Å². The van der Waals surface area contributed by atoms with Crippen LogP contribution in [0.2, 0.25) is 0 Å². The van der Waals surface area contributed by atoms with E-state index in [9.17, 15) is 4.79 Å². The lowest BCUT2D eigenvalue weighted by Gasteiger charge is -2.12. The number of hydrogen-bond donors (Lipinski definition) is 0. The molecule has 32 heavy (non-hydrogen) atoms. The van der Waals surface area contributed by atoms with Crippen LogP contribution in [-0.2, 0) is 0 Å². The molecule has 0 saturated carbocycles. The zero-order valence-corrected chi connectivity index (χ0v) is 20.2. The topological polar surface area (TPSA) is 57.0 Å². The molecule has 0 saturated heterocycles. The molecule has 1 heterocycles. The highest BCUT2D eigenvalue weighted by molar-refractivity contribution is 9.10. The van der Waals surface area contributed by atoms with Crippen molar-refractivity contribution in [2.45, 2.75) is 19.0 Å². The second-order valence-corrected chi connectivity index (χ2v) is 8.92. The molecule has 7 heteroatoms. The highest BCUT2D eigenvalue weighted by atomic mass is 79.9. The van der Waals surface area contributed by atoms with Crippen molar-refractivity contribution in [3.8, 4) is 22.8 Å². The van der Waals surface area contributed by atoms with Gasteiger partial charge in [0.1, 0.15) is 5.75 Å². The number of ketones is 1. The molecule has 162 valence electrons. The van der Waals surface area contributed by atoms with Gasteiger partial charge in [0, 0.05) is 21.3 Å². The Labute approximate surface area is 200 Å². The Morgan fingerprint density at radius 3 is 2.41 bits per heavy atom. The molecule has 0 unspecified atom stereocenters. The molecule has 3 aromatic carbocycles. The van der Waals surface area contributed by atoms with E-state index in [1.807, 2.05) is 72.2 Å². The van der Waals surface area contributed by atoms with Gasteiger partial charge >= 0.3 is 0 Å². The fourth-order valence-electron chi connectivity index (χ4n) is 3.24. The molecule has 5 nitrogen and oxygen atoms in total. The Bertz CT molecular complexity index is 1220. The summed E-state index contributed by atoms with van der Waals surface area (Å²) in [5.41, 5.74) is 3.70. The first-order valence-electron chi connectivity index (χ1n) is 10.2. The van der Waals surface area contributed by atoms with Gasteiger partial charge in [-0.3, -0.25) is 9.36 Å². The number of carbonyl (C=O) groups is 1. The first kappa shape index (κ1) is 22.3. The maximum Gasteiger partial charge on any atom is 0.196 e. The van der Waals surface area contributed by atoms with E-state index in [2.05, 4.69) is 45.2 Å². The molecule has 0 fully saturated rings.